The molecule has 1 aromatic carbocycles. The molecule has 1 amide bonds. The molecule has 0 aliphatic carbocycles. The van der Waals surface area contributed by atoms with Crippen LogP contribution in [0.2, 0.25) is 0 Å². The predicted octanol–water partition coefficient (Wildman–Crippen LogP) is 2.03. The smallest absolute Gasteiger partial charge is 0.223 e. The first-order valence-corrected chi connectivity index (χ1v) is 6.65. The Morgan fingerprint density at radius 3 is 2.47 bits per heavy atom. The van der Waals surface area contributed by atoms with Crippen molar-refractivity contribution in [3.05, 3.63) is 29.8 Å². The molecule has 19 heavy (non-hydrogen) atoms. The molecule has 0 heterocycles. The molecule has 1 rings (SSSR count). The third-order valence-electron chi connectivity index (χ3n) is 3.27. The zero-order chi connectivity index (χ0) is 14.3. The number of nitrogens with zero attached hydrogens (tertiary/aromatic N) is 1. The van der Waals surface area contributed by atoms with Gasteiger partial charge in [-0.1, -0.05) is 19.1 Å². The Hall–Kier alpha value is -1.55. The lowest BCUT2D eigenvalue weighted by atomic mass is 9.97. The number of aliphatic hydroxyl groups excluding tert-OH is 1. The summed E-state index contributed by atoms with van der Waals surface area (Å²) in [5, 5.41) is 8.92. The third kappa shape index (κ3) is 4.56. The fourth-order valence-electron chi connectivity index (χ4n) is 2.02. The molecule has 0 aromatic heterocycles. The van der Waals surface area contributed by atoms with Gasteiger partial charge in [-0.05, 0) is 30.5 Å². The van der Waals surface area contributed by atoms with Crippen molar-refractivity contribution in [3.8, 4) is 5.75 Å². The second kappa shape index (κ2) is 7.79. The van der Waals surface area contributed by atoms with Crippen LogP contribution in [0.4, 0.5) is 0 Å². The van der Waals surface area contributed by atoms with Crippen LogP contribution in [0.3, 0.4) is 0 Å². The first-order valence-electron chi connectivity index (χ1n) is 6.65. The van der Waals surface area contributed by atoms with Crippen molar-refractivity contribution in [1.29, 1.82) is 0 Å². The number of hydrogen-bond acceptors (Lipinski definition) is 3. The molecule has 0 aliphatic rings. The molecule has 0 spiro atoms. The molecule has 0 fully saturated rings. The Morgan fingerprint density at radius 2 is 2.00 bits per heavy atom. The van der Waals surface area contributed by atoms with E-state index in [2.05, 4.69) is 0 Å². The molecule has 0 bridgehead atoms. The highest BCUT2D eigenvalue weighted by molar-refractivity contribution is 5.77. The van der Waals surface area contributed by atoms with Gasteiger partial charge in [0.25, 0.3) is 0 Å². The van der Waals surface area contributed by atoms with Gasteiger partial charge >= 0.3 is 0 Å². The van der Waals surface area contributed by atoms with Crippen LogP contribution in [0, 0.1) is 0 Å². The SMILES string of the molecule is CCN(CCO)C(=O)CC(C)c1ccc(OC)cc1. The molecule has 0 saturated heterocycles. The van der Waals surface area contributed by atoms with E-state index >= 15 is 0 Å². The number of benzene rings is 1. The number of rotatable bonds is 7. The van der Waals surface area contributed by atoms with Gasteiger partial charge in [-0.2, -0.15) is 0 Å². The second-order valence-electron chi connectivity index (χ2n) is 4.58. The zero-order valence-corrected chi connectivity index (χ0v) is 11.9. The zero-order valence-electron chi connectivity index (χ0n) is 11.9. The Balaban J connectivity index is 2.62. The summed E-state index contributed by atoms with van der Waals surface area (Å²) in [7, 11) is 1.63. The predicted molar refractivity (Wildman–Crippen MR) is 75.4 cm³/mol. The normalized spacial score (nSPS) is 12.0. The number of amides is 1. The van der Waals surface area contributed by atoms with Gasteiger partial charge in [-0.25, -0.2) is 0 Å². The Kier molecular flexibility index (Phi) is 6.36. The van der Waals surface area contributed by atoms with E-state index in [4.69, 9.17) is 9.84 Å². The maximum atomic E-state index is 12.1. The minimum Gasteiger partial charge on any atom is -0.497 e. The quantitative estimate of drug-likeness (QED) is 0.820. The van der Waals surface area contributed by atoms with Crippen molar-refractivity contribution < 1.29 is 14.6 Å². The van der Waals surface area contributed by atoms with Gasteiger partial charge in [0, 0.05) is 19.5 Å². The molecule has 4 nitrogen and oxygen atoms in total. The van der Waals surface area contributed by atoms with E-state index in [9.17, 15) is 4.79 Å². The second-order valence-corrected chi connectivity index (χ2v) is 4.58. The number of carbonyl (C=O) groups excluding carboxylic acids is 1. The number of aliphatic hydroxyl groups is 1. The summed E-state index contributed by atoms with van der Waals surface area (Å²) < 4.78 is 5.11. The fraction of sp³-hybridized carbons (Fsp3) is 0.533. The monoisotopic (exact) mass is 265 g/mol. The maximum Gasteiger partial charge on any atom is 0.223 e. The topological polar surface area (TPSA) is 49.8 Å². The van der Waals surface area contributed by atoms with E-state index in [0.29, 0.717) is 19.5 Å². The van der Waals surface area contributed by atoms with Crippen LogP contribution in [0.15, 0.2) is 24.3 Å². The summed E-state index contributed by atoms with van der Waals surface area (Å²) in [6.07, 6.45) is 0.459. The lowest BCUT2D eigenvalue weighted by molar-refractivity contribution is -0.131. The number of likely N-dealkylation sites (N-methyl/N-ethyl adjacent to an activating group) is 1. The first-order chi connectivity index (χ1) is 9.12. The Labute approximate surface area is 115 Å². The molecular weight excluding hydrogens is 242 g/mol. The van der Waals surface area contributed by atoms with Crippen LogP contribution in [-0.2, 0) is 4.79 Å². The van der Waals surface area contributed by atoms with E-state index in [-0.39, 0.29) is 18.4 Å². The van der Waals surface area contributed by atoms with Crippen LogP contribution in [-0.4, -0.2) is 42.7 Å². The van der Waals surface area contributed by atoms with Crippen LogP contribution in [0.25, 0.3) is 0 Å². The van der Waals surface area contributed by atoms with Crippen molar-refractivity contribution in [2.75, 3.05) is 26.8 Å². The fourth-order valence-corrected chi connectivity index (χ4v) is 2.02. The summed E-state index contributed by atoms with van der Waals surface area (Å²) in [6.45, 7) is 5.01. The highest BCUT2D eigenvalue weighted by atomic mass is 16.5. The first kappa shape index (κ1) is 15.5. The summed E-state index contributed by atoms with van der Waals surface area (Å²) in [5.74, 6) is 1.06. The molecule has 4 heteroatoms. The van der Waals surface area contributed by atoms with Crippen molar-refractivity contribution >= 4 is 5.91 Å². The van der Waals surface area contributed by atoms with Gasteiger partial charge in [0.2, 0.25) is 5.91 Å². The lowest BCUT2D eigenvalue weighted by Crippen LogP contribution is -2.33. The van der Waals surface area contributed by atoms with Gasteiger partial charge in [0.1, 0.15) is 5.75 Å². The molecular formula is C15H23NO3. The van der Waals surface area contributed by atoms with E-state index in [1.165, 1.54) is 0 Å². The number of carbonyl (C=O) groups is 1. The highest BCUT2D eigenvalue weighted by Gasteiger charge is 2.16. The average molecular weight is 265 g/mol. The van der Waals surface area contributed by atoms with Gasteiger partial charge < -0.3 is 14.7 Å². The van der Waals surface area contributed by atoms with Crippen LogP contribution in [0.1, 0.15) is 31.7 Å². The van der Waals surface area contributed by atoms with Crippen LogP contribution >= 0.6 is 0 Å². The number of methoxy groups -OCH3 is 1. The van der Waals surface area contributed by atoms with Crippen LogP contribution in [0.5, 0.6) is 5.75 Å². The molecule has 1 aromatic rings. The van der Waals surface area contributed by atoms with E-state index in [1.54, 1.807) is 12.0 Å². The summed E-state index contributed by atoms with van der Waals surface area (Å²) in [4.78, 5) is 13.7. The van der Waals surface area contributed by atoms with Crippen molar-refractivity contribution in [2.24, 2.45) is 0 Å². The Morgan fingerprint density at radius 1 is 1.37 bits per heavy atom. The highest BCUT2D eigenvalue weighted by Crippen LogP contribution is 2.22. The van der Waals surface area contributed by atoms with Crippen molar-refractivity contribution in [3.63, 3.8) is 0 Å². The minimum atomic E-state index is 0.0104. The van der Waals surface area contributed by atoms with Gasteiger partial charge in [-0.15, -0.1) is 0 Å². The summed E-state index contributed by atoms with van der Waals surface area (Å²) >= 11 is 0. The van der Waals surface area contributed by atoms with Crippen LogP contribution < -0.4 is 4.74 Å². The standard InChI is InChI=1S/C15H23NO3/c1-4-16(9-10-17)15(18)11-12(2)13-5-7-14(19-3)8-6-13/h5-8,12,17H,4,9-11H2,1-3H3. The molecule has 1 unspecified atom stereocenters. The number of ether oxygens (including phenoxy) is 1. The van der Waals surface area contributed by atoms with E-state index in [0.717, 1.165) is 11.3 Å². The average Bonchev–Trinajstić information content (AvgIpc) is 2.44. The summed E-state index contributed by atoms with van der Waals surface area (Å²) in [5.41, 5.74) is 1.12. The van der Waals surface area contributed by atoms with Crippen molar-refractivity contribution in [1.82, 2.24) is 4.90 Å². The molecule has 1 atom stereocenters. The van der Waals surface area contributed by atoms with Gasteiger partial charge in [-0.3, -0.25) is 4.79 Å². The van der Waals surface area contributed by atoms with Gasteiger partial charge in [0.15, 0.2) is 0 Å². The largest absolute Gasteiger partial charge is 0.497 e. The maximum absolute atomic E-state index is 12.1. The molecule has 1 N–H and O–H groups in total. The third-order valence-corrected chi connectivity index (χ3v) is 3.27. The minimum absolute atomic E-state index is 0.0104. The molecule has 0 saturated carbocycles. The molecule has 0 radical (unpaired) electrons. The molecule has 0 aliphatic heterocycles. The van der Waals surface area contributed by atoms with E-state index in [1.807, 2.05) is 38.1 Å². The number of hydrogen-bond donors (Lipinski definition) is 1. The Bertz CT molecular complexity index is 389. The lowest BCUT2D eigenvalue weighted by Gasteiger charge is -2.22. The summed E-state index contributed by atoms with van der Waals surface area (Å²) in [6, 6.07) is 7.78. The van der Waals surface area contributed by atoms with Gasteiger partial charge in [0.05, 0.1) is 13.7 Å². The van der Waals surface area contributed by atoms with Crippen molar-refractivity contribution in [2.45, 2.75) is 26.2 Å². The molecule has 106 valence electrons. The van der Waals surface area contributed by atoms with E-state index < -0.39 is 0 Å².